The fraction of sp³-hybridized carbons (Fsp3) is 1.00. The Bertz CT molecular complexity index is 181. The number of hydrogen-bond donors (Lipinski definition) is 1. The molecular weight excluding hydrogens is 212 g/mol. The summed E-state index contributed by atoms with van der Waals surface area (Å²) < 4.78 is 5.41. The Balaban J connectivity index is 2.10. The zero-order valence-corrected chi connectivity index (χ0v) is 11.9. The van der Waals surface area contributed by atoms with Crippen LogP contribution in [0, 0.1) is 5.92 Å². The molecule has 1 aliphatic heterocycles. The Hall–Kier alpha value is -0.120. The molecule has 1 rings (SSSR count). The number of nitrogens with one attached hydrogen (secondary N) is 1. The summed E-state index contributed by atoms with van der Waals surface area (Å²) in [7, 11) is 2.26. The first kappa shape index (κ1) is 14.9. The van der Waals surface area contributed by atoms with Crippen LogP contribution in [0.25, 0.3) is 0 Å². The molecule has 0 bridgehead atoms. The van der Waals surface area contributed by atoms with Crippen molar-refractivity contribution in [3.05, 3.63) is 0 Å². The first-order valence-corrected chi connectivity index (χ1v) is 7.22. The molecule has 0 aromatic rings. The van der Waals surface area contributed by atoms with Crippen molar-refractivity contribution in [2.45, 2.75) is 45.6 Å². The smallest absolute Gasteiger partial charge is 0.0469 e. The third-order valence-corrected chi connectivity index (χ3v) is 3.81. The number of ether oxygens (including phenoxy) is 1. The molecule has 1 aliphatic rings. The fourth-order valence-corrected chi connectivity index (χ4v) is 2.35. The molecule has 0 aromatic heterocycles. The highest BCUT2D eigenvalue weighted by molar-refractivity contribution is 4.71. The zero-order chi connectivity index (χ0) is 12.5. The van der Waals surface area contributed by atoms with E-state index in [1.165, 1.54) is 32.2 Å². The second kappa shape index (κ2) is 8.90. The SMILES string of the molecule is CCCNCCC(C)N(C)CC1CCOCC1. The molecule has 1 fully saturated rings. The quantitative estimate of drug-likeness (QED) is 0.660. The molecule has 0 radical (unpaired) electrons. The van der Waals surface area contributed by atoms with E-state index in [1.807, 2.05) is 0 Å². The minimum absolute atomic E-state index is 0.683. The molecule has 102 valence electrons. The summed E-state index contributed by atoms with van der Waals surface area (Å²) in [5.74, 6) is 0.847. The lowest BCUT2D eigenvalue weighted by Gasteiger charge is -2.31. The van der Waals surface area contributed by atoms with Gasteiger partial charge in [0.25, 0.3) is 0 Å². The predicted octanol–water partition coefficient (Wildman–Crippen LogP) is 2.12. The first-order valence-electron chi connectivity index (χ1n) is 7.22. The molecule has 0 spiro atoms. The molecule has 1 heterocycles. The number of hydrogen-bond acceptors (Lipinski definition) is 3. The van der Waals surface area contributed by atoms with E-state index < -0.39 is 0 Å². The van der Waals surface area contributed by atoms with Gasteiger partial charge in [0.05, 0.1) is 0 Å². The van der Waals surface area contributed by atoms with E-state index in [4.69, 9.17) is 4.74 Å². The molecular formula is C14H30N2O. The second-order valence-electron chi connectivity index (χ2n) is 5.38. The summed E-state index contributed by atoms with van der Waals surface area (Å²) in [6.45, 7) is 10.0. The van der Waals surface area contributed by atoms with Gasteiger partial charge in [-0.1, -0.05) is 6.92 Å². The summed E-state index contributed by atoms with van der Waals surface area (Å²) in [5.41, 5.74) is 0. The zero-order valence-electron chi connectivity index (χ0n) is 11.9. The van der Waals surface area contributed by atoms with Gasteiger partial charge in [0, 0.05) is 25.8 Å². The third-order valence-electron chi connectivity index (χ3n) is 3.81. The lowest BCUT2D eigenvalue weighted by molar-refractivity contribution is 0.0509. The maximum Gasteiger partial charge on any atom is 0.0469 e. The third kappa shape index (κ3) is 6.39. The monoisotopic (exact) mass is 242 g/mol. The predicted molar refractivity (Wildman–Crippen MR) is 73.4 cm³/mol. The molecule has 17 heavy (non-hydrogen) atoms. The van der Waals surface area contributed by atoms with E-state index in [1.54, 1.807) is 0 Å². The van der Waals surface area contributed by atoms with Crippen LogP contribution in [0.3, 0.4) is 0 Å². The fourth-order valence-electron chi connectivity index (χ4n) is 2.35. The van der Waals surface area contributed by atoms with Crippen LogP contribution >= 0.6 is 0 Å². The largest absolute Gasteiger partial charge is 0.381 e. The van der Waals surface area contributed by atoms with Crippen LogP contribution in [0.1, 0.15) is 39.5 Å². The van der Waals surface area contributed by atoms with E-state index in [2.05, 4.69) is 31.1 Å². The number of nitrogens with zero attached hydrogens (tertiary/aromatic N) is 1. The van der Waals surface area contributed by atoms with Gasteiger partial charge >= 0.3 is 0 Å². The van der Waals surface area contributed by atoms with Crippen molar-refractivity contribution >= 4 is 0 Å². The molecule has 0 aliphatic carbocycles. The lowest BCUT2D eigenvalue weighted by atomic mass is 9.99. The van der Waals surface area contributed by atoms with Gasteiger partial charge in [-0.15, -0.1) is 0 Å². The van der Waals surface area contributed by atoms with Crippen LogP contribution in [0.2, 0.25) is 0 Å². The highest BCUT2D eigenvalue weighted by Crippen LogP contribution is 2.16. The van der Waals surface area contributed by atoms with E-state index >= 15 is 0 Å². The lowest BCUT2D eigenvalue weighted by Crippen LogP contribution is -2.37. The molecule has 1 saturated heterocycles. The van der Waals surface area contributed by atoms with Gasteiger partial charge in [0.15, 0.2) is 0 Å². The average Bonchev–Trinajstić information content (AvgIpc) is 2.35. The van der Waals surface area contributed by atoms with Gasteiger partial charge in [-0.05, 0) is 58.7 Å². The van der Waals surface area contributed by atoms with Crippen LogP contribution in [-0.2, 0) is 4.74 Å². The van der Waals surface area contributed by atoms with Crippen molar-refractivity contribution in [1.82, 2.24) is 10.2 Å². The van der Waals surface area contributed by atoms with Crippen LogP contribution < -0.4 is 5.32 Å². The van der Waals surface area contributed by atoms with Crippen LogP contribution in [0.5, 0.6) is 0 Å². The normalized spacial score (nSPS) is 19.8. The Morgan fingerprint density at radius 2 is 2.00 bits per heavy atom. The summed E-state index contributed by atoms with van der Waals surface area (Å²) in [6, 6.07) is 0.683. The summed E-state index contributed by atoms with van der Waals surface area (Å²) in [6.07, 6.45) is 4.96. The first-order chi connectivity index (χ1) is 8.24. The molecule has 3 heteroatoms. The minimum Gasteiger partial charge on any atom is -0.381 e. The summed E-state index contributed by atoms with van der Waals surface area (Å²) in [4.78, 5) is 2.52. The van der Waals surface area contributed by atoms with Crippen molar-refractivity contribution in [2.75, 3.05) is 39.9 Å². The Kier molecular flexibility index (Phi) is 7.82. The molecule has 1 unspecified atom stereocenters. The molecule has 0 amide bonds. The maximum atomic E-state index is 5.41. The number of rotatable bonds is 8. The molecule has 0 aromatic carbocycles. The van der Waals surface area contributed by atoms with Gasteiger partial charge in [-0.3, -0.25) is 0 Å². The Labute approximate surface area is 107 Å². The van der Waals surface area contributed by atoms with Gasteiger partial charge in [0.2, 0.25) is 0 Å². The van der Waals surface area contributed by atoms with E-state index in [0.717, 1.165) is 32.2 Å². The van der Waals surface area contributed by atoms with Crippen LogP contribution in [-0.4, -0.2) is 50.8 Å². The summed E-state index contributed by atoms with van der Waals surface area (Å²) >= 11 is 0. The van der Waals surface area contributed by atoms with Crippen molar-refractivity contribution in [1.29, 1.82) is 0 Å². The highest BCUT2D eigenvalue weighted by Gasteiger charge is 2.18. The van der Waals surface area contributed by atoms with Gasteiger partial charge in [-0.25, -0.2) is 0 Å². The molecule has 3 nitrogen and oxygen atoms in total. The van der Waals surface area contributed by atoms with E-state index in [0.29, 0.717) is 6.04 Å². The van der Waals surface area contributed by atoms with Gasteiger partial charge < -0.3 is 15.0 Å². The molecule has 0 saturated carbocycles. The molecule has 1 atom stereocenters. The highest BCUT2D eigenvalue weighted by atomic mass is 16.5. The Morgan fingerprint density at radius 3 is 2.65 bits per heavy atom. The standard InChI is InChI=1S/C14H30N2O/c1-4-8-15-9-5-13(2)16(3)12-14-6-10-17-11-7-14/h13-15H,4-12H2,1-3H3. The van der Waals surface area contributed by atoms with Gasteiger partial charge in [0.1, 0.15) is 0 Å². The summed E-state index contributed by atoms with van der Waals surface area (Å²) in [5, 5.41) is 3.48. The van der Waals surface area contributed by atoms with Crippen molar-refractivity contribution in [3.63, 3.8) is 0 Å². The van der Waals surface area contributed by atoms with Crippen molar-refractivity contribution in [2.24, 2.45) is 5.92 Å². The van der Waals surface area contributed by atoms with E-state index in [-0.39, 0.29) is 0 Å². The van der Waals surface area contributed by atoms with Gasteiger partial charge in [-0.2, -0.15) is 0 Å². The Morgan fingerprint density at radius 1 is 1.29 bits per heavy atom. The van der Waals surface area contributed by atoms with E-state index in [9.17, 15) is 0 Å². The van der Waals surface area contributed by atoms with Crippen molar-refractivity contribution in [3.8, 4) is 0 Å². The second-order valence-corrected chi connectivity index (χ2v) is 5.38. The van der Waals surface area contributed by atoms with Crippen molar-refractivity contribution < 1.29 is 4.74 Å². The maximum absolute atomic E-state index is 5.41. The average molecular weight is 242 g/mol. The topological polar surface area (TPSA) is 24.5 Å². The molecule has 1 N–H and O–H groups in total. The minimum atomic E-state index is 0.683. The van der Waals surface area contributed by atoms with Crippen LogP contribution in [0.4, 0.5) is 0 Å². The van der Waals surface area contributed by atoms with Crippen LogP contribution in [0.15, 0.2) is 0 Å².